The Morgan fingerprint density at radius 2 is 2.00 bits per heavy atom. The predicted octanol–water partition coefficient (Wildman–Crippen LogP) is 3.22. The zero-order valence-electron chi connectivity index (χ0n) is 21.8. The fourth-order valence-electron chi connectivity index (χ4n) is 5.04. The van der Waals surface area contributed by atoms with Crippen LogP contribution in [0.4, 0.5) is 21.0 Å². The zero-order chi connectivity index (χ0) is 28.6. The maximum Gasteiger partial charge on any atom is 0.412 e. The summed E-state index contributed by atoms with van der Waals surface area (Å²) in [7, 11) is 3.19. The van der Waals surface area contributed by atoms with Crippen LogP contribution in [-0.2, 0) is 28.6 Å². The van der Waals surface area contributed by atoms with Crippen LogP contribution in [0.5, 0.6) is 0 Å². The molecule has 40 heavy (non-hydrogen) atoms. The van der Waals surface area contributed by atoms with Crippen LogP contribution in [0.3, 0.4) is 0 Å². The average molecular weight is 567 g/mol. The Morgan fingerprint density at radius 1 is 1.25 bits per heavy atom. The van der Waals surface area contributed by atoms with Gasteiger partial charge in [-0.05, 0) is 42.5 Å². The Morgan fingerprint density at radius 3 is 2.67 bits per heavy atom. The molecule has 2 aliphatic heterocycles. The SMILES string of the molecule is CN(C(=O)O)c1ccc(C(=O)N[C@@H](Cc2cncn2C)C(=O)N2CCC3(C2)OC(=O)Nc2ccc(Cl)cc23)cc1. The van der Waals surface area contributed by atoms with Gasteiger partial charge in [-0.15, -0.1) is 0 Å². The summed E-state index contributed by atoms with van der Waals surface area (Å²) in [5, 5.41) is 15.2. The summed E-state index contributed by atoms with van der Waals surface area (Å²) < 4.78 is 7.51. The van der Waals surface area contributed by atoms with Crippen LogP contribution in [0.1, 0.15) is 28.0 Å². The molecule has 0 aliphatic carbocycles. The largest absolute Gasteiger partial charge is 0.465 e. The van der Waals surface area contributed by atoms with E-state index in [1.807, 2.05) is 0 Å². The Hall–Kier alpha value is -4.58. The van der Waals surface area contributed by atoms with E-state index in [1.54, 1.807) is 47.2 Å². The lowest BCUT2D eigenvalue weighted by Gasteiger charge is -2.35. The number of hydrogen-bond donors (Lipinski definition) is 3. The van der Waals surface area contributed by atoms with Gasteiger partial charge in [0.15, 0.2) is 5.60 Å². The van der Waals surface area contributed by atoms with Gasteiger partial charge >= 0.3 is 12.2 Å². The third-order valence-electron chi connectivity index (χ3n) is 7.28. The number of ether oxygens (including phenoxy) is 1. The minimum atomic E-state index is -1.13. The topological polar surface area (TPSA) is 146 Å². The highest BCUT2D eigenvalue weighted by molar-refractivity contribution is 6.30. The summed E-state index contributed by atoms with van der Waals surface area (Å²) in [4.78, 5) is 57.4. The fraction of sp³-hybridized carbons (Fsp3) is 0.296. The van der Waals surface area contributed by atoms with Gasteiger partial charge in [-0.1, -0.05) is 11.6 Å². The van der Waals surface area contributed by atoms with Gasteiger partial charge in [0.05, 0.1) is 18.6 Å². The molecule has 2 aliphatic rings. The van der Waals surface area contributed by atoms with E-state index in [-0.39, 0.29) is 24.4 Å². The number of carboxylic acid groups (broad SMARTS) is 1. The van der Waals surface area contributed by atoms with Crippen molar-refractivity contribution < 1.29 is 29.0 Å². The average Bonchev–Trinajstić information content (AvgIpc) is 3.54. The van der Waals surface area contributed by atoms with Gasteiger partial charge in [0.2, 0.25) is 5.91 Å². The van der Waals surface area contributed by atoms with Crippen LogP contribution in [0, 0.1) is 0 Å². The normalized spacial score (nSPS) is 18.5. The van der Waals surface area contributed by atoms with Crippen LogP contribution in [-0.4, -0.2) is 69.7 Å². The lowest BCUT2D eigenvalue weighted by molar-refractivity contribution is -0.133. The highest BCUT2D eigenvalue weighted by Gasteiger charge is 2.49. The summed E-state index contributed by atoms with van der Waals surface area (Å²) in [6, 6.07) is 10.2. The van der Waals surface area contributed by atoms with Crippen LogP contribution in [0.15, 0.2) is 55.0 Å². The molecule has 0 radical (unpaired) electrons. The summed E-state index contributed by atoms with van der Waals surface area (Å²) >= 11 is 6.24. The molecule has 208 valence electrons. The molecule has 2 atom stereocenters. The summed E-state index contributed by atoms with van der Waals surface area (Å²) in [6.07, 6.45) is 2.03. The number of nitrogens with one attached hydrogen (secondary N) is 2. The molecule has 1 spiro atoms. The number of aryl methyl sites for hydroxylation is 1. The number of benzene rings is 2. The number of fused-ring (bicyclic) bond motifs is 2. The number of nitrogens with zero attached hydrogens (tertiary/aromatic N) is 4. The van der Waals surface area contributed by atoms with Gasteiger partial charge in [0, 0.05) is 67.2 Å². The standard InChI is InChI=1S/C27H27ClN6O6/c1-32-15-29-13-19(32)12-22(30-23(35)16-3-6-18(7-4-16)33(2)26(38)39)24(36)34-10-9-27(14-34)20-11-17(28)5-8-21(20)31-25(37)40-27/h3-8,11,13,15,22H,9-10,12,14H2,1-2H3,(H,30,35)(H,31,37)(H,38,39)/t22-,27?/m0/s1. The number of amides is 4. The Bertz CT molecular complexity index is 1490. The molecule has 3 N–H and O–H groups in total. The number of carbonyl (C=O) groups excluding carboxylic acids is 3. The first-order valence-corrected chi connectivity index (χ1v) is 12.9. The molecule has 5 rings (SSSR count). The lowest BCUT2D eigenvalue weighted by atomic mass is 9.90. The second-order valence-corrected chi connectivity index (χ2v) is 10.3. The van der Waals surface area contributed by atoms with Crippen molar-refractivity contribution in [2.75, 3.05) is 30.4 Å². The van der Waals surface area contributed by atoms with Crippen molar-refractivity contribution in [1.82, 2.24) is 19.8 Å². The van der Waals surface area contributed by atoms with Crippen LogP contribution in [0.25, 0.3) is 0 Å². The molecule has 13 heteroatoms. The number of anilines is 2. The summed E-state index contributed by atoms with van der Waals surface area (Å²) in [5.41, 5.74) is 1.59. The minimum Gasteiger partial charge on any atom is -0.465 e. The molecule has 3 heterocycles. The van der Waals surface area contributed by atoms with Crippen molar-refractivity contribution >= 4 is 47.0 Å². The van der Waals surface area contributed by atoms with Crippen molar-refractivity contribution in [2.24, 2.45) is 7.05 Å². The second-order valence-electron chi connectivity index (χ2n) is 9.82. The Balaban J connectivity index is 1.38. The molecule has 12 nitrogen and oxygen atoms in total. The van der Waals surface area contributed by atoms with Crippen LogP contribution < -0.4 is 15.5 Å². The van der Waals surface area contributed by atoms with Crippen molar-refractivity contribution in [2.45, 2.75) is 24.5 Å². The highest BCUT2D eigenvalue weighted by atomic mass is 35.5. The van der Waals surface area contributed by atoms with Crippen molar-refractivity contribution in [3.63, 3.8) is 0 Å². The van der Waals surface area contributed by atoms with Gasteiger partial charge in [-0.3, -0.25) is 19.8 Å². The van der Waals surface area contributed by atoms with E-state index in [0.717, 1.165) is 10.6 Å². The molecule has 0 bridgehead atoms. The third-order valence-corrected chi connectivity index (χ3v) is 7.51. The number of aromatic nitrogens is 2. The molecule has 0 saturated carbocycles. The van der Waals surface area contributed by atoms with Crippen molar-refractivity contribution in [1.29, 1.82) is 0 Å². The van der Waals surface area contributed by atoms with Crippen molar-refractivity contribution in [3.8, 4) is 0 Å². The maximum absolute atomic E-state index is 13.9. The summed E-state index contributed by atoms with van der Waals surface area (Å²) in [5.74, 6) is -0.837. The van der Waals surface area contributed by atoms with E-state index in [2.05, 4.69) is 15.6 Å². The number of carbonyl (C=O) groups is 4. The second kappa shape index (κ2) is 10.5. The molecule has 1 saturated heterocycles. The monoisotopic (exact) mass is 566 g/mol. The Kier molecular flexibility index (Phi) is 7.11. The van der Waals surface area contributed by atoms with Gasteiger partial charge < -0.3 is 24.6 Å². The number of hydrogen-bond acceptors (Lipinski definition) is 6. The van der Waals surface area contributed by atoms with E-state index in [4.69, 9.17) is 16.3 Å². The first-order valence-electron chi connectivity index (χ1n) is 12.5. The Labute approximate surface area is 234 Å². The molecule has 2 aromatic carbocycles. The van der Waals surface area contributed by atoms with E-state index in [0.29, 0.717) is 34.9 Å². The summed E-state index contributed by atoms with van der Waals surface area (Å²) in [6.45, 7) is 0.395. The van der Waals surface area contributed by atoms with Crippen LogP contribution in [0.2, 0.25) is 5.02 Å². The fourth-order valence-corrected chi connectivity index (χ4v) is 5.21. The van der Waals surface area contributed by atoms with Gasteiger partial charge in [-0.2, -0.15) is 0 Å². The first-order chi connectivity index (χ1) is 19.1. The van der Waals surface area contributed by atoms with Crippen molar-refractivity contribution in [3.05, 3.63) is 76.8 Å². The third kappa shape index (κ3) is 5.17. The predicted molar refractivity (Wildman–Crippen MR) is 145 cm³/mol. The molecule has 1 fully saturated rings. The lowest BCUT2D eigenvalue weighted by Crippen LogP contribution is -2.50. The van der Waals surface area contributed by atoms with Crippen LogP contribution >= 0.6 is 11.6 Å². The highest BCUT2D eigenvalue weighted by Crippen LogP contribution is 2.43. The molecular weight excluding hydrogens is 540 g/mol. The van der Waals surface area contributed by atoms with Gasteiger partial charge in [-0.25, -0.2) is 14.6 Å². The quantitative estimate of drug-likeness (QED) is 0.415. The van der Waals surface area contributed by atoms with Gasteiger partial charge in [0.1, 0.15) is 6.04 Å². The van der Waals surface area contributed by atoms with E-state index < -0.39 is 29.7 Å². The molecule has 4 amide bonds. The minimum absolute atomic E-state index is 0.0978. The molecule has 1 aromatic heterocycles. The van der Waals surface area contributed by atoms with Gasteiger partial charge in [0.25, 0.3) is 5.91 Å². The smallest absolute Gasteiger partial charge is 0.412 e. The van der Waals surface area contributed by atoms with E-state index in [1.165, 1.54) is 31.3 Å². The molecular formula is C27H27ClN6O6. The van der Waals surface area contributed by atoms with E-state index in [9.17, 15) is 24.3 Å². The first kappa shape index (κ1) is 27.0. The zero-order valence-corrected chi connectivity index (χ0v) is 22.5. The number of rotatable bonds is 6. The maximum atomic E-state index is 13.9. The number of imidazole rings is 1. The number of likely N-dealkylation sites (tertiary alicyclic amines) is 1. The molecule has 3 aromatic rings. The number of halogens is 1. The molecule has 1 unspecified atom stereocenters. The van der Waals surface area contributed by atoms with E-state index >= 15 is 0 Å².